The first-order valence-electron chi connectivity index (χ1n) is 7.90. The summed E-state index contributed by atoms with van der Waals surface area (Å²) < 4.78 is 0. The van der Waals surface area contributed by atoms with Gasteiger partial charge in [-0.3, -0.25) is 0 Å². The van der Waals surface area contributed by atoms with Crippen LogP contribution in [0.5, 0.6) is 0 Å². The molecule has 0 fully saturated rings. The summed E-state index contributed by atoms with van der Waals surface area (Å²) in [5, 5.41) is 19.4. The predicted molar refractivity (Wildman–Crippen MR) is 105 cm³/mol. The minimum Gasteiger partial charge on any atom is -0.443 e. The zero-order valence-electron chi connectivity index (χ0n) is 14.7. The van der Waals surface area contributed by atoms with Gasteiger partial charge >= 0.3 is 6.92 Å². The number of hydrogen-bond acceptors (Lipinski definition) is 3. The first kappa shape index (κ1) is 21.3. The first-order valence-corrected chi connectivity index (χ1v) is 8.53. The molecule has 0 aromatic heterocycles. The fraction of sp³-hybridized carbons (Fsp3) is 0.316. The highest BCUT2D eigenvalue weighted by Crippen LogP contribution is 2.03. The van der Waals surface area contributed by atoms with E-state index < -0.39 is 6.92 Å². The van der Waals surface area contributed by atoms with Crippen LogP contribution in [-0.2, 0) is 0 Å². The highest BCUT2D eigenvalue weighted by Gasteiger charge is 2.20. The van der Waals surface area contributed by atoms with Gasteiger partial charge in [0, 0.05) is 0 Å². The number of benzene rings is 2. The SMILES string of the molecule is CC.CCS.Cc1ccccc1B(O)c1cc(C#N)ccc1C. The normalized spacial score (nSPS) is 8.78. The fourth-order valence-electron chi connectivity index (χ4n) is 2.07. The first-order chi connectivity index (χ1) is 11.0. The van der Waals surface area contributed by atoms with E-state index in [0.29, 0.717) is 5.56 Å². The number of nitrogens with zero attached hydrogens (tertiary/aromatic N) is 1. The van der Waals surface area contributed by atoms with Crippen molar-refractivity contribution in [1.82, 2.24) is 0 Å². The molecular weight excluding hydrogens is 301 g/mol. The molecule has 0 aliphatic rings. The smallest absolute Gasteiger partial charge is 0.359 e. The zero-order chi connectivity index (χ0) is 17.8. The molecule has 0 amide bonds. The lowest BCUT2D eigenvalue weighted by atomic mass is 9.53. The van der Waals surface area contributed by atoms with E-state index in [1.54, 1.807) is 12.1 Å². The molecule has 0 saturated carbocycles. The van der Waals surface area contributed by atoms with Crippen LogP contribution in [0.1, 0.15) is 37.5 Å². The molecule has 0 atom stereocenters. The summed E-state index contributed by atoms with van der Waals surface area (Å²) in [4.78, 5) is 0. The van der Waals surface area contributed by atoms with E-state index in [4.69, 9.17) is 5.26 Å². The van der Waals surface area contributed by atoms with Gasteiger partial charge in [-0.15, -0.1) is 0 Å². The molecule has 0 aliphatic carbocycles. The lowest BCUT2D eigenvalue weighted by Crippen LogP contribution is -2.45. The predicted octanol–water partition coefficient (Wildman–Crippen LogP) is 3.24. The second kappa shape index (κ2) is 11.8. The maximum atomic E-state index is 10.5. The fourth-order valence-corrected chi connectivity index (χ4v) is 2.07. The zero-order valence-corrected chi connectivity index (χ0v) is 15.6. The number of nitriles is 1. The van der Waals surface area contributed by atoms with Gasteiger partial charge in [0.2, 0.25) is 0 Å². The summed E-state index contributed by atoms with van der Waals surface area (Å²) in [6.45, 7) is 9.22. The second-order valence-corrected chi connectivity index (χ2v) is 5.39. The molecule has 2 aromatic rings. The minimum atomic E-state index is -0.681. The van der Waals surface area contributed by atoms with Gasteiger partial charge < -0.3 is 5.02 Å². The maximum absolute atomic E-state index is 10.5. The maximum Gasteiger partial charge on any atom is 0.359 e. The van der Waals surface area contributed by atoms with Crippen molar-refractivity contribution in [1.29, 1.82) is 5.26 Å². The Kier molecular flexibility index (Phi) is 10.9. The Balaban J connectivity index is 0.000000868. The van der Waals surface area contributed by atoms with Gasteiger partial charge in [-0.2, -0.15) is 17.9 Å². The molecule has 2 rings (SSSR count). The molecule has 0 unspecified atom stereocenters. The van der Waals surface area contributed by atoms with Crippen molar-refractivity contribution < 1.29 is 5.02 Å². The monoisotopic (exact) mass is 327 g/mol. The van der Waals surface area contributed by atoms with Gasteiger partial charge in [-0.25, -0.2) is 0 Å². The van der Waals surface area contributed by atoms with Gasteiger partial charge in [0.25, 0.3) is 0 Å². The van der Waals surface area contributed by atoms with Crippen LogP contribution >= 0.6 is 12.6 Å². The number of rotatable bonds is 2. The van der Waals surface area contributed by atoms with Crippen LogP contribution in [0.2, 0.25) is 0 Å². The summed E-state index contributed by atoms with van der Waals surface area (Å²) in [5.74, 6) is 0.944. The third kappa shape index (κ3) is 6.52. The van der Waals surface area contributed by atoms with Crippen molar-refractivity contribution in [3.63, 3.8) is 0 Å². The molecule has 0 radical (unpaired) electrons. The van der Waals surface area contributed by atoms with Crippen LogP contribution in [0.15, 0.2) is 42.5 Å². The number of thiol groups is 1. The highest BCUT2D eigenvalue weighted by molar-refractivity contribution is 7.80. The van der Waals surface area contributed by atoms with E-state index in [9.17, 15) is 5.02 Å². The van der Waals surface area contributed by atoms with Crippen molar-refractivity contribution >= 4 is 30.5 Å². The van der Waals surface area contributed by atoms with Gasteiger partial charge in [-0.1, -0.05) is 62.2 Å². The van der Waals surface area contributed by atoms with Crippen molar-refractivity contribution in [2.24, 2.45) is 0 Å². The van der Waals surface area contributed by atoms with Crippen LogP contribution in [0, 0.1) is 25.2 Å². The molecule has 122 valence electrons. The van der Waals surface area contributed by atoms with E-state index in [1.807, 2.05) is 65.0 Å². The molecule has 1 N–H and O–H groups in total. The van der Waals surface area contributed by atoms with Crippen molar-refractivity contribution in [2.75, 3.05) is 5.75 Å². The van der Waals surface area contributed by atoms with Crippen LogP contribution < -0.4 is 10.9 Å². The van der Waals surface area contributed by atoms with E-state index in [0.717, 1.165) is 27.8 Å². The average molecular weight is 327 g/mol. The summed E-state index contributed by atoms with van der Waals surface area (Å²) in [5.41, 5.74) is 4.29. The van der Waals surface area contributed by atoms with E-state index in [-0.39, 0.29) is 0 Å². The summed E-state index contributed by atoms with van der Waals surface area (Å²) in [6.07, 6.45) is 0. The largest absolute Gasteiger partial charge is 0.443 e. The minimum absolute atomic E-state index is 0.572. The Morgan fingerprint density at radius 3 is 2.09 bits per heavy atom. The highest BCUT2D eigenvalue weighted by atomic mass is 32.1. The molecule has 23 heavy (non-hydrogen) atoms. The molecule has 0 spiro atoms. The van der Waals surface area contributed by atoms with Gasteiger partial charge in [0.15, 0.2) is 0 Å². The van der Waals surface area contributed by atoms with Crippen molar-refractivity contribution in [2.45, 2.75) is 34.6 Å². The van der Waals surface area contributed by atoms with Crippen LogP contribution in [0.4, 0.5) is 0 Å². The van der Waals surface area contributed by atoms with E-state index >= 15 is 0 Å². The van der Waals surface area contributed by atoms with E-state index in [1.165, 1.54) is 0 Å². The van der Waals surface area contributed by atoms with Gasteiger partial charge in [-0.05, 0) is 42.7 Å². The molecule has 4 heteroatoms. The topological polar surface area (TPSA) is 44.0 Å². The number of aryl methyl sites for hydroxylation is 2. The summed E-state index contributed by atoms with van der Waals surface area (Å²) in [7, 11) is 0. The van der Waals surface area contributed by atoms with Crippen molar-refractivity contribution in [3.05, 3.63) is 59.2 Å². The van der Waals surface area contributed by atoms with Gasteiger partial charge in [0.1, 0.15) is 0 Å². The summed E-state index contributed by atoms with van der Waals surface area (Å²) in [6, 6.07) is 15.2. The Hall–Kier alpha value is -1.70. The van der Waals surface area contributed by atoms with Crippen LogP contribution in [0.25, 0.3) is 0 Å². The molecule has 2 nitrogen and oxygen atoms in total. The Bertz CT molecular complexity index is 638. The Morgan fingerprint density at radius 2 is 1.57 bits per heavy atom. The molecule has 2 aromatic carbocycles. The lowest BCUT2D eigenvalue weighted by Gasteiger charge is -2.13. The van der Waals surface area contributed by atoms with E-state index in [2.05, 4.69) is 18.7 Å². The number of hydrogen-bond donors (Lipinski definition) is 2. The third-order valence-electron chi connectivity index (χ3n) is 3.19. The van der Waals surface area contributed by atoms with Gasteiger partial charge in [0.05, 0.1) is 11.6 Å². The second-order valence-electron chi connectivity index (χ2n) is 4.76. The van der Waals surface area contributed by atoms with Crippen molar-refractivity contribution in [3.8, 4) is 6.07 Å². The standard InChI is InChI=1S/C15H14BNO.C2H6S.C2H6/c1-11-5-3-4-6-14(11)16(18)15-9-13(10-17)8-7-12(15)2;1-2-3;1-2/h3-9,18H,1-2H3;3H,2H2,1H3;1-2H3. The molecular formula is C19H26BNOS. The Labute approximate surface area is 146 Å². The Morgan fingerprint density at radius 1 is 1.04 bits per heavy atom. The average Bonchev–Trinajstić information content (AvgIpc) is 2.58. The third-order valence-corrected chi connectivity index (χ3v) is 3.19. The molecule has 0 bridgehead atoms. The molecule has 0 aliphatic heterocycles. The van der Waals surface area contributed by atoms with Crippen LogP contribution in [0.3, 0.4) is 0 Å². The lowest BCUT2D eigenvalue weighted by molar-refractivity contribution is 0.599. The molecule has 0 saturated heterocycles. The quantitative estimate of drug-likeness (QED) is 0.657. The summed E-state index contributed by atoms with van der Waals surface area (Å²) >= 11 is 3.79. The van der Waals surface area contributed by atoms with Crippen LogP contribution in [-0.4, -0.2) is 17.7 Å². The molecule has 0 heterocycles.